The second-order valence-corrected chi connectivity index (χ2v) is 9.96. The van der Waals surface area contributed by atoms with Crippen LogP contribution in [0.15, 0.2) is 84.1 Å². The number of amides is 1. The minimum Gasteiger partial charge on any atom is -0.357 e. The van der Waals surface area contributed by atoms with Crippen molar-refractivity contribution in [3.63, 3.8) is 0 Å². The number of hydrogen-bond donors (Lipinski definition) is 1. The molecule has 0 spiro atoms. The van der Waals surface area contributed by atoms with Crippen LogP contribution < -0.4 is 10.2 Å². The van der Waals surface area contributed by atoms with Crippen LogP contribution in [0.25, 0.3) is 0 Å². The number of para-hydroxylation sites is 2. The molecule has 1 heterocycles. The molecule has 6 heteroatoms. The van der Waals surface area contributed by atoms with E-state index >= 15 is 4.39 Å². The summed E-state index contributed by atoms with van der Waals surface area (Å²) in [6, 6.07) is 19.6. The first-order valence-corrected chi connectivity index (χ1v) is 11.6. The molecule has 3 aromatic carbocycles. The van der Waals surface area contributed by atoms with E-state index in [-0.39, 0.29) is 27.7 Å². The Morgan fingerprint density at radius 2 is 1.71 bits per heavy atom. The zero-order valence-electron chi connectivity index (χ0n) is 18.9. The standard InChI is InChI=1S/C28H24ClFN2O2/c1-28(2)15-21-25(23(33)16-28)26(24-18(29)11-8-12-19(24)30)32(22-14-7-6-13-20(22)31-21)27(34)17-9-4-3-5-10-17/h3-14,26,31H,15-16H2,1-2H3/t26-/m0/s1. The largest absolute Gasteiger partial charge is 0.357 e. The van der Waals surface area contributed by atoms with E-state index in [0.717, 1.165) is 0 Å². The molecule has 172 valence electrons. The molecule has 34 heavy (non-hydrogen) atoms. The lowest BCUT2D eigenvalue weighted by atomic mass is 9.73. The van der Waals surface area contributed by atoms with Crippen molar-refractivity contribution >= 4 is 34.7 Å². The zero-order valence-corrected chi connectivity index (χ0v) is 19.7. The van der Waals surface area contributed by atoms with Gasteiger partial charge >= 0.3 is 0 Å². The van der Waals surface area contributed by atoms with Crippen LogP contribution in [0.3, 0.4) is 0 Å². The minimum absolute atomic E-state index is 0.118. The molecule has 1 amide bonds. The fourth-order valence-corrected chi connectivity index (χ4v) is 5.24. The summed E-state index contributed by atoms with van der Waals surface area (Å²) in [6.45, 7) is 4.07. The first-order valence-electron chi connectivity index (χ1n) is 11.2. The molecule has 1 aliphatic heterocycles. The topological polar surface area (TPSA) is 49.4 Å². The number of Topliss-reactive ketones (excluding diaryl/α,β-unsaturated/α-hetero) is 1. The smallest absolute Gasteiger partial charge is 0.259 e. The Morgan fingerprint density at radius 1 is 1.00 bits per heavy atom. The summed E-state index contributed by atoms with van der Waals surface area (Å²) in [7, 11) is 0. The van der Waals surface area contributed by atoms with Crippen LogP contribution in [0, 0.1) is 11.2 Å². The number of benzene rings is 3. The maximum atomic E-state index is 15.4. The molecule has 1 N–H and O–H groups in total. The second-order valence-electron chi connectivity index (χ2n) is 9.55. The molecule has 2 aliphatic rings. The number of halogens is 2. The average Bonchev–Trinajstić information content (AvgIpc) is 2.92. The SMILES string of the molecule is CC1(C)CC(=O)C2=C(C1)Nc1ccccc1N(C(=O)c1ccccc1)[C@H]2c1c(F)cccc1Cl. The van der Waals surface area contributed by atoms with Gasteiger partial charge in [-0.25, -0.2) is 4.39 Å². The summed E-state index contributed by atoms with van der Waals surface area (Å²) in [5.41, 5.74) is 2.59. The fourth-order valence-electron chi connectivity index (χ4n) is 4.98. The Morgan fingerprint density at radius 3 is 2.44 bits per heavy atom. The van der Waals surface area contributed by atoms with E-state index in [4.69, 9.17) is 11.6 Å². The third-order valence-electron chi connectivity index (χ3n) is 6.41. The number of ketones is 1. The van der Waals surface area contributed by atoms with Crippen LogP contribution in [-0.2, 0) is 4.79 Å². The number of carbonyl (C=O) groups is 2. The predicted molar refractivity (Wildman–Crippen MR) is 133 cm³/mol. The Kier molecular flexibility index (Phi) is 5.53. The predicted octanol–water partition coefficient (Wildman–Crippen LogP) is 6.94. The Labute approximate surface area is 203 Å². The molecule has 0 saturated carbocycles. The van der Waals surface area contributed by atoms with Crippen LogP contribution in [-0.4, -0.2) is 11.7 Å². The first-order chi connectivity index (χ1) is 16.3. The van der Waals surface area contributed by atoms with Crippen LogP contribution in [0.5, 0.6) is 0 Å². The summed E-state index contributed by atoms with van der Waals surface area (Å²) < 4.78 is 15.4. The van der Waals surface area contributed by atoms with Crippen molar-refractivity contribution < 1.29 is 14.0 Å². The molecule has 0 bridgehead atoms. The van der Waals surface area contributed by atoms with Gasteiger partial charge < -0.3 is 5.32 Å². The van der Waals surface area contributed by atoms with Gasteiger partial charge in [0.1, 0.15) is 5.82 Å². The highest BCUT2D eigenvalue weighted by Crippen LogP contribution is 2.50. The molecule has 4 nitrogen and oxygen atoms in total. The molecule has 0 fully saturated rings. The number of hydrogen-bond acceptors (Lipinski definition) is 3. The number of anilines is 2. The Hall–Kier alpha value is -3.44. The summed E-state index contributed by atoms with van der Waals surface area (Å²) in [5, 5.41) is 3.59. The van der Waals surface area contributed by atoms with Gasteiger partial charge in [-0.2, -0.15) is 0 Å². The number of fused-ring (bicyclic) bond motifs is 1. The van der Waals surface area contributed by atoms with E-state index in [1.165, 1.54) is 17.0 Å². The van der Waals surface area contributed by atoms with Crippen molar-refractivity contribution in [3.8, 4) is 0 Å². The third-order valence-corrected chi connectivity index (χ3v) is 6.74. The number of carbonyl (C=O) groups excluding carboxylic acids is 2. The van der Waals surface area contributed by atoms with Gasteiger partial charge in [0.2, 0.25) is 0 Å². The van der Waals surface area contributed by atoms with E-state index in [9.17, 15) is 9.59 Å². The lowest BCUT2D eigenvalue weighted by Crippen LogP contribution is -2.40. The van der Waals surface area contributed by atoms with Gasteiger partial charge in [-0.3, -0.25) is 14.5 Å². The number of rotatable bonds is 2. The highest BCUT2D eigenvalue weighted by molar-refractivity contribution is 6.31. The Balaban J connectivity index is 1.84. The second kappa shape index (κ2) is 8.41. The van der Waals surface area contributed by atoms with Crippen LogP contribution in [0.1, 0.15) is 48.7 Å². The highest BCUT2D eigenvalue weighted by Gasteiger charge is 2.44. The van der Waals surface area contributed by atoms with Crippen LogP contribution in [0.4, 0.5) is 15.8 Å². The van der Waals surface area contributed by atoms with Crippen molar-refractivity contribution in [2.24, 2.45) is 5.41 Å². The lowest BCUT2D eigenvalue weighted by molar-refractivity contribution is -0.118. The van der Waals surface area contributed by atoms with Gasteiger partial charge in [-0.05, 0) is 48.2 Å². The number of nitrogens with one attached hydrogen (secondary N) is 1. The maximum absolute atomic E-state index is 15.4. The summed E-state index contributed by atoms with van der Waals surface area (Å²) in [6.07, 6.45) is 0.873. The van der Waals surface area contributed by atoms with E-state index in [1.54, 1.807) is 36.4 Å². The van der Waals surface area contributed by atoms with Crippen LogP contribution >= 0.6 is 11.6 Å². The first kappa shape index (κ1) is 22.4. The van der Waals surface area contributed by atoms with E-state index < -0.39 is 11.9 Å². The molecular weight excluding hydrogens is 451 g/mol. The monoisotopic (exact) mass is 474 g/mol. The van der Waals surface area contributed by atoms with E-state index in [0.29, 0.717) is 41.1 Å². The van der Waals surface area contributed by atoms with E-state index in [1.807, 2.05) is 38.1 Å². The van der Waals surface area contributed by atoms with Crippen molar-refractivity contribution in [1.82, 2.24) is 0 Å². The maximum Gasteiger partial charge on any atom is 0.259 e. The summed E-state index contributed by atoms with van der Waals surface area (Å²) in [4.78, 5) is 29.2. The van der Waals surface area contributed by atoms with Gasteiger partial charge in [0, 0.05) is 33.8 Å². The average molecular weight is 475 g/mol. The molecule has 1 atom stereocenters. The van der Waals surface area contributed by atoms with Gasteiger partial charge in [0.05, 0.1) is 17.4 Å². The lowest BCUT2D eigenvalue weighted by Gasteiger charge is -2.37. The van der Waals surface area contributed by atoms with Crippen LogP contribution in [0.2, 0.25) is 5.02 Å². The molecule has 5 rings (SSSR count). The summed E-state index contributed by atoms with van der Waals surface area (Å²) >= 11 is 6.56. The molecule has 0 unspecified atom stereocenters. The Bertz CT molecular complexity index is 1310. The highest BCUT2D eigenvalue weighted by atomic mass is 35.5. The van der Waals surface area contributed by atoms with Crippen molar-refractivity contribution in [3.05, 3.63) is 106 Å². The van der Waals surface area contributed by atoms with Gasteiger partial charge in [-0.15, -0.1) is 0 Å². The van der Waals surface area contributed by atoms with Crippen molar-refractivity contribution in [1.29, 1.82) is 0 Å². The molecule has 3 aromatic rings. The number of allylic oxidation sites excluding steroid dienone is 1. The zero-order chi connectivity index (χ0) is 24.0. The molecule has 1 aliphatic carbocycles. The third kappa shape index (κ3) is 3.80. The normalized spacial score (nSPS) is 19.1. The van der Waals surface area contributed by atoms with Gasteiger partial charge in [0.15, 0.2) is 5.78 Å². The molecule has 0 saturated heterocycles. The summed E-state index contributed by atoms with van der Waals surface area (Å²) in [5.74, 6) is -1.03. The molecular formula is C28H24ClFN2O2. The van der Waals surface area contributed by atoms with Crippen molar-refractivity contribution in [2.45, 2.75) is 32.7 Å². The fraction of sp³-hybridized carbons (Fsp3) is 0.214. The van der Waals surface area contributed by atoms with Gasteiger partial charge in [0.25, 0.3) is 5.91 Å². The molecule has 0 radical (unpaired) electrons. The van der Waals surface area contributed by atoms with Gasteiger partial charge in [-0.1, -0.05) is 61.8 Å². The number of nitrogens with zero attached hydrogens (tertiary/aromatic N) is 1. The minimum atomic E-state index is -1.02. The quantitative estimate of drug-likeness (QED) is 0.437. The van der Waals surface area contributed by atoms with Crippen molar-refractivity contribution in [2.75, 3.05) is 10.2 Å². The van der Waals surface area contributed by atoms with E-state index in [2.05, 4.69) is 5.32 Å². The molecule has 0 aromatic heterocycles.